The van der Waals surface area contributed by atoms with Gasteiger partial charge in [0.1, 0.15) is 12.2 Å². The molecule has 0 unspecified atom stereocenters. The van der Waals surface area contributed by atoms with Crippen LogP contribution in [0.25, 0.3) is 0 Å². The van der Waals surface area contributed by atoms with Gasteiger partial charge in [-0.15, -0.1) is 0 Å². The van der Waals surface area contributed by atoms with Crippen molar-refractivity contribution < 1.29 is 42.1 Å². The van der Waals surface area contributed by atoms with Gasteiger partial charge in [0, 0.05) is 23.4 Å². The molecule has 6 nitrogen and oxygen atoms in total. The predicted molar refractivity (Wildman–Crippen MR) is 134 cm³/mol. The molecule has 5 aliphatic rings. The summed E-state index contributed by atoms with van der Waals surface area (Å²) in [6, 6.07) is -1.04. The zero-order chi connectivity index (χ0) is 27.9. The summed E-state index contributed by atoms with van der Waals surface area (Å²) in [5.74, 6) is -2.91. The van der Waals surface area contributed by atoms with E-state index in [0.29, 0.717) is 31.2 Å². The van der Waals surface area contributed by atoms with Gasteiger partial charge >= 0.3 is 5.97 Å². The van der Waals surface area contributed by atoms with Gasteiger partial charge in [-0.2, -0.15) is 0 Å². The van der Waals surface area contributed by atoms with Gasteiger partial charge in [0.15, 0.2) is 22.7 Å². The molecule has 9 atom stereocenters. The van der Waals surface area contributed by atoms with Crippen molar-refractivity contribution >= 4 is 28.6 Å². The summed E-state index contributed by atoms with van der Waals surface area (Å²) in [5, 5.41) is 11.2. The number of hydrogen-bond donors (Lipinski definition) is 1. The molecule has 0 bridgehead atoms. The number of carbonyl (C=O) groups is 3. The molecule has 1 heterocycles. The van der Waals surface area contributed by atoms with Crippen LogP contribution in [0.2, 0.25) is 0 Å². The van der Waals surface area contributed by atoms with Crippen LogP contribution >= 0.6 is 11.8 Å². The number of rotatable bonds is 4. The average molecular weight is 557 g/mol. The highest BCUT2D eigenvalue weighted by molar-refractivity contribution is 8.13. The molecule has 1 N–H and O–H groups in total. The zero-order valence-electron chi connectivity index (χ0n) is 22.2. The maximum Gasteiger partial charge on any atom is 0.339 e. The van der Waals surface area contributed by atoms with E-state index in [4.69, 9.17) is 9.47 Å². The molecule has 0 aromatic heterocycles. The first kappa shape index (κ1) is 27.9. The molecule has 5 rings (SSSR count). The predicted octanol–water partition coefficient (Wildman–Crippen LogP) is 4.73. The summed E-state index contributed by atoms with van der Waals surface area (Å²) in [6.45, 7) is 6.44. The number of esters is 1. The normalized spacial score (nSPS) is 49.6. The molecule has 4 aliphatic carbocycles. The number of fused-ring (bicyclic) bond motifs is 5. The van der Waals surface area contributed by atoms with Crippen LogP contribution in [0, 0.1) is 22.7 Å². The molecule has 0 aromatic rings. The lowest BCUT2D eigenvalue weighted by atomic mass is 9.41. The molecule has 3 saturated carbocycles. The maximum atomic E-state index is 17.7. The topological polar surface area (TPSA) is 89.9 Å². The number of ketones is 1. The van der Waals surface area contributed by atoms with E-state index >= 15 is 8.78 Å². The highest BCUT2D eigenvalue weighted by Crippen LogP contribution is 2.73. The van der Waals surface area contributed by atoms with Crippen molar-refractivity contribution in [2.45, 2.75) is 94.9 Å². The number of thioether (sulfide) groups is 1. The summed E-state index contributed by atoms with van der Waals surface area (Å²) in [7, 11) is 0. The summed E-state index contributed by atoms with van der Waals surface area (Å²) < 4.78 is 58.6. The van der Waals surface area contributed by atoms with E-state index in [1.165, 1.54) is 26.0 Å². The first-order valence-corrected chi connectivity index (χ1v) is 14.2. The van der Waals surface area contributed by atoms with Gasteiger partial charge < -0.3 is 14.6 Å². The molecule has 0 aromatic carbocycles. The zero-order valence-corrected chi connectivity index (χ0v) is 23.0. The van der Waals surface area contributed by atoms with E-state index in [1.54, 1.807) is 13.8 Å². The number of halogens is 3. The molecule has 10 heteroatoms. The van der Waals surface area contributed by atoms with Crippen LogP contribution < -0.4 is 0 Å². The second kappa shape index (κ2) is 8.67. The van der Waals surface area contributed by atoms with E-state index in [1.807, 2.05) is 0 Å². The SMILES string of the molecule is C[C@]1(O)C[C@@]2(C)[C@@H](CC[C@]2(OC(=O)[C@]2(C)CCCO2)C(=O)SCF)[C@@H]2C[C@H](F)C3=CC(=O)C=C[C@]3(C)[C@]21F. The first-order chi connectivity index (χ1) is 17.6. The number of carbonyl (C=O) groups excluding carboxylic acids is 3. The van der Waals surface area contributed by atoms with E-state index in [-0.39, 0.29) is 31.3 Å². The second-order valence-corrected chi connectivity index (χ2v) is 13.4. The van der Waals surface area contributed by atoms with Crippen molar-refractivity contribution in [1.29, 1.82) is 0 Å². The Balaban J connectivity index is 1.62. The molecule has 1 saturated heterocycles. The fourth-order valence-corrected chi connectivity index (χ4v) is 9.39. The van der Waals surface area contributed by atoms with E-state index in [2.05, 4.69) is 0 Å². The first-order valence-electron chi connectivity index (χ1n) is 13.2. The Kier molecular flexibility index (Phi) is 6.37. The quantitative estimate of drug-likeness (QED) is 0.501. The standard InChI is InChI=1S/C28H35F3O6S/c1-23-9-6-16(32)12-19(23)20(30)13-18-17-7-10-27(22(34)38-15-29,37-21(33)25(3)8-5-11-36-25)24(17,2)14-26(4,35)28(18,23)31/h6,9,12,17-18,20,35H,5,7-8,10-11,13-15H2,1-4H3/t17-,18-,20-,23-,24-,25-,26-,27-,28+/m0/s1. The average Bonchev–Trinajstić information content (AvgIpc) is 3.40. The van der Waals surface area contributed by atoms with Crippen LogP contribution in [0.3, 0.4) is 0 Å². The molecule has 0 radical (unpaired) electrons. The van der Waals surface area contributed by atoms with Crippen molar-refractivity contribution in [2.24, 2.45) is 22.7 Å². The molecular weight excluding hydrogens is 521 g/mol. The van der Waals surface area contributed by atoms with Crippen LogP contribution in [0.4, 0.5) is 13.2 Å². The number of hydrogen-bond acceptors (Lipinski definition) is 7. The van der Waals surface area contributed by atoms with Gasteiger partial charge in [-0.1, -0.05) is 13.0 Å². The van der Waals surface area contributed by atoms with Crippen LogP contribution in [-0.4, -0.2) is 63.2 Å². The molecule has 1 aliphatic heterocycles. The van der Waals surface area contributed by atoms with Gasteiger partial charge in [-0.05, 0) is 94.7 Å². The molecule has 0 spiro atoms. The van der Waals surface area contributed by atoms with Gasteiger partial charge in [0.2, 0.25) is 5.12 Å². The number of aliphatic hydroxyl groups is 1. The third-order valence-corrected chi connectivity index (χ3v) is 11.2. The minimum Gasteiger partial charge on any atom is -0.447 e. The maximum absolute atomic E-state index is 17.7. The Morgan fingerprint density at radius 3 is 2.55 bits per heavy atom. The fraction of sp³-hybridized carbons (Fsp3) is 0.750. The Morgan fingerprint density at radius 2 is 1.92 bits per heavy atom. The van der Waals surface area contributed by atoms with Crippen LogP contribution in [-0.2, 0) is 23.9 Å². The lowest BCUT2D eigenvalue weighted by molar-refractivity contribution is -0.264. The van der Waals surface area contributed by atoms with Crippen LogP contribution in [0.5, 0.6) is 0 Å². The molecule has 4 fully saturated rings. The second-order valence-electron chi connectivity index (χ2n) is 12.5. The largest absolute Gasteiger partial charge is 0.447 e. The van der Waals surface area contributed by atoms with Gasteiger partial charge in [0.05, 0.1) is 5.60 Å². The summed E-state index contributed by atoms with van der Waals surface area (Å²) in [4.78, 5) is 39.1. The van der Waals surface area contributed by atoms with Crippen molar-refractivity contribution in [3.8, 4) is 0 Å². The van der Waals surface area contributed by atoms with Crippen molar-refractivity contribution in [2.75, 3.05) is 12.6 Å². The Labute approximate surface area is 224 Å². The molecule has 38 heavy (non-hydrogen) atoms. The molecule has 0 amide bonds. The lowest BCUT2D eigenvalue weighted by Gasteiger charge is -2.66. The monoisotopic (exact) mass is 556 g/mol. The third kappa shape index (κ3) is 3.38. The highest BCUT2D eigenvalue weighted by Gasteiger charge is 2.79. The van der Waals surface area contributed by atoms with Gasteiger partial charge in [0.25, 0.3) is 0 Å². The molecule has 210 valence electrons. The minimum absolute atomic E-state index is 0.00122. The smallest absolute Gasteiger partial charge is 0.339 e. The van der Waals surface area contributed by atoms with Crippen molar-refractivity contribution in [3.63, 3.8) is 0 Å². The Hall–Kier alpha value is -1.65. The lowest BCUT2D eigenvalue weighted by Crippen LogP contribution is -2.74. The number of alkyl halides is 3. The minimum atomic E-state index is -2.38. The highest BCUT2D eigenvalue weighted by atomic mass is 32.2. The fourth-order valence-electron chi connectivity index (χ4n) is 8.68. The van der Waals surface area contributed by atoms with Crippen molar-refractivity contribution in [3.05, 3.63) is 23.8 Å². The van der Waals surface area contributed by atoms with Crippen LogP contribution in [0.15, 0.2) is 23.8 Å². The summed E-state index contributed by atoms with van der Waals surface area (Å²) >= 11 is 0.381. The van der Waals surface area contributed by atoms with Crippen LogP contribution in [0.1, 0.15) is 66.2 Å². The van der Waals surface area contributed by atoms with E-state index in [0.717, 1.165) is 6.08 Å². The van der Waals surface area contributed by atoms with E-state index < -0.39 is 74.2 Å². The molecular formula is C28H35F3O6S. The third-order valence-electron chi connectivity index (χ3n) is 10.5. The van der Waals surface area contributed by atoms with Gasteiger partial charge in [-0.3, -0.25) is 9.59 Å². The Bertz CT molecular complexity index is 1130. The number of ether oxygens (including phenoxy) is 2. The van der Waals surface area contributed by atoms with E-state index in [9.17, 15) is 23.9 Å². The van der Waals surface area contributed by atoms with Gasteiger partial charge in [-0.25, -0.2) is 18.0 Å². The van der Waals surface area contributed by atoms with Crippen molar-refractivity contribution in [1.82, 2.24) is 0 Å². The number of allylic oxidation sites excluding steroid dienone is 4. The summed E-state index contributed by atoms with van der Waals surface area (Å²) in [6.07, 6.45) is 2.69. The Morgan fingerprint density at radius 1 is 1.21 bits per heavy atom. The summed E-state index contributed by atoms with van der Waals surface area (Å²) in [5.41, 5.74) is -10.5.